The van der Waals surface area contributed by atoms with Crippen molar-refractivity contribution in [3.8, 4) is 0 Å². The maximum absolute atomic E-state index is 8.89. The van der Waals surface area contributed by atoms with Gasteiger partial charge in [-0.3, -0.25) is 0 Å². The Bertz CT molecular complexity index is 49.0. The van der Waals surface area contributed by atoms with Gasteiger partial charge in [0.25, 0.3) is 0 Å². The maximum Gasteiger partial charge on any atom is 1.00 e. The summed E-state index contributed by atoms with van der Waals surface area (Å²) < 4.78 is 0. The number of aliphatic carboxylic acids is 1. The summed E-state index contributed by atoms with van der Waals surface area (Å²) in [6.45, 7) is 13.0. The zero-order valence-corrected chi connectivity index (χ0v) is 8.14. The van der Waals surface area contributed by atoms with Crippen molar-refractivity contribution in [2.75, 3.05) is 0 Å². The van der Waals surface area contributed by atoms with Gasteiger partial charge in [-0.2, -0.15) is 0 Å². The zero-order chi connectivity index (χ0) is 7.58. The van der Waals surface area contributed by atoms with Crippen molar-refractivity contribution >= 4 is 5.97 Å². The Labute approximate surface area is 78.6 Å². The molecule has 0 heterocycles. The molecular formula is C6H11NaO2. The molecule has 0 aliphatic heterocycles. The number of carboxylic acid groups (broad SMARTS) is 1. The van der Waals surface area contributed by atoms with Gasteiger partial charge in [-0.05, 0) is 6.92 Å². The Morgan fingerprint density at radius 1 is 1.22 bits per heavy atom. The summed E-state index contributed by atoms with van der Waals surface area (Å²) in [6, 6.07) is 0. The van der Waals surface area contributed by atoms with E-state index in [0.29, 0.717) is 0 Å². The predicted octanol–water partition coefficient (Wildman–Crippen LogP) is -2.64. The van der Waals surface area contributed by atoms with Gasteiger partial charge in [-0.25, -0.2) is 0 Å². The molecule has 0 bridgehead atoms. The van der Waals surface area contributed by atoms with Crippen molar-refractivity contribution in [2.24, 2.45) is 0 Å². The van der Waals surface area contributed by atoms with Crippen LogP contribution in [0.2, 0.25) is 0 Å². The second kappa shape index (κ2) is 44.1. The third kappa shape index (κ3) is 113000. The number of carboxylic acids is 1. The predicted molar refractivity (Wildman–Crippen MR) is 33.2 cm³/mol. The van der Waals surface area contributed by atoms with Gasteiger partial charge in [-0.1, -0.05) is 0 Å². The standard InChI is InChI=1S/C2H4O2.2C2H4.Na/c1-2(3)4;2*1-2;/h1H3,(H,3,4);2*1-2H2;/q;;;+1/p-1. The second-order valence-corrected chi connectivity index (χ2v) is 0.492. The third-order valence-corrected chi connectivity index (χ3v) is 0. The fraction of sp³-hybridized carbons (Fsp3) is 0.167. The minimum Gasteiger partial charge on any atom is -0.550 e. The first-order valence-electron chi connectivity index (χ1n) is 1.91. The third-order valence-electron chi connectivity index (χ3n) is 0. The number of carbonyl (C=O) groups is 1. The summed E-state index contributed by atoms with van der Waals surface area (Å²) in [5.41, 5.74) is 0. The molecule has 48 valence electrons. The van der Waals surface area contributed by atoms with Crippen molar-refractivity contribution in [3.63, 3.8) is 0 Å². The molecule has 0 aromatic rings. The molecule has 0 aliphatic carbocycles. The SMILES string of the molecule is C=C.C=C.CC(=O)[O-].[Na+]. The van der Waals surface area contributed by atoms with Gasteiger partial charge in [0.15, 0.2) is 0 Å². The first-order chi connectivity index (χ1) is 3.73. The van der Waals surface area contributed by atoms with E-state index < -0.39 is 5.97 Å². The van der Waals surface area contributed by atoms with E-state index in [0.717, 1.165) is 6.92 Å². The van der Waals surface area contributed by atoms with Crippen LogP contribution in [0.15, 0.2) is 26.3 Å². The summed E-state index contributed by atoms with van der Waals surface area (Å²) in [5, 5.41) is 8.89. The van der Waals surface area contributed by atoms with Crippen LogP contribution in [0.4, 0.5) is 0 Å². The van der Waals surface area contributed by atoms with Gasteiger partial charge in [0.05, 0.1) is 0 Å². The van der Waals surface area contributed by atoms with Crippen LogP contribution in [0, 0.1) is 0 Å². The fourth-order valence-electron chi connectivity index (χ4n) is 0. The van der Waals surface area contributed by atoms with Gasteiger partial charge >= 0.3 is 29.6 Å². The van der Waals surface area contributed by atoms with Crippen molar-refractivity contribution < 1.29 is 39.5 Å². The van der Waals surface area contributed by atoms with Gasteiger partial charge < -0.3 is 9.90 Å². The van der Waals surface area contributed by atoms with Crippen molar-refractivity contribution in [3.05, 3.63) is 26.3 Å². The molecule has 2 nitrogen and oxygen atoms in total. The van der Waals surface area contributed by atoms with E-state index in [1.165, 1.54) is 0 Å². The van der Waals surface area contributed by atoms with E-state index in [2.05, 4.69) is 26.3 Å². The molecule has 3 heteroatoms. The van der Waals surface area contributed by atoms with Crippen LogP contribution in [-0.4, -0.2) is 5.97 Å². The Kier molecular flexibility index (Phi) is 113. The van der Waals surface area contributed by atoms with Crippen molar-refractivity contribution in [1.82, 2.24) is 0 Å². The molecule has 0 saturated heterocycles. The molecule has 9 heavy (non-hydrogen) atoms. The van der Waals surface area contributed by atoms with Crippen LogP contribution in [0.1, 0.15) is 6.92 Å². The molecule has 0 fully saturated rings. The van der Waals surface area contributed by atoms with Gasteiger partial charge in [0.1, 0.15) is 0 Å². The van der Waals surface area contributed by atoms with Crippen LogP contribution in [0.5, 0.6) is 0 Å². The van der Waals surface area contributed by atoms with Crippen LogP contribution in [0.3, 0.4) is 0 Å². The normalized spacial score (nSPS) is 3.67. The largest absolute Gasteiger partial charge is 1.00 e. The van der Waals surface area contributed by atoms with Gasteiger partial charge in [-0.15, -0.1) is 26.3 Å². The average Bonchev–Trinajstić information content (AvgIpc) is 1.75. The van der Waals surface area contributed by atoms with E-state index in [-0.39, 0.29) is 29.6 Å². The Hall–Kier alpha value is -0.0500. The smallest absolute Gasteiger partial charge is 0.550 e. The van der Waals surface area contributed by atoms with Crippen LogP contribution in [-0.2, 0) is 4.79 Å². The quantitative estimate of drug-likeness (QED) is 0.271. The Balaban J connectivity index is -0.0000000221. The maximum atomic E-state index is 8.89. The summed E-state index contributed by atoms with van der Waals surface area (Å²) in [4.78, 5) is 8.89. The van der Waals surface area contributed by atoms with E-state index >= 15 is 0 Å². The van der Waals surface area contributed by atoms with E-state index in [1.807, 2.05) is 0 Å². The molecular weight excluding hydrogens is 127 g/mol. The molecule has 0 atom stereocenters. The minimum atomic E-state index is -1.08. The van der Waals surface area contributed by atoms with E-state index in [1.54, 1.807) is 0 Å². The van der Waals surface area contributed by atoms with Crippen LogP contribution >= 0.6 is 0 Å². The molecule has 0 spiro atoms. The summed E-state index contributed by atoms with van der Waals surface area (Å²) in [5.74, 6) is -1.08. The monoisotopic (exact) mass is 138 g/mol. The molecule has 0 rings (SSSR count). The van der Waals surface area contributed by atoms with Crippen molar-refractivity contribution in [1.29, 1.82) is 0 Å². The van der Waals surface area contributed by atoms with E-state index in [4.69, 9.17) is 9.90 Å². The molecule has 0 aromatic heterocycles. The average molecular weight is 138 g/mol. The minimum absolute atomic E-state index is 0. The summed E-state index contributed by atoms with van der Waals surface area (Å²) >= 11 is 0. The molecule has 0 unspecified atom stereocenters. The number of carbonyl (C=O) groups excluding carboxylic acids is 1. The Morgan fingerprint density at radius 3 is 1.22 bits per heavy atom. The molecule has 0 N–H and O–H groups in total. The number of rotatable bonds is 0. The summed E-state index contributed by atoms with van der Waals surface area (Å²) in [7, 11) is 0. The summed E-state index contributed by atoms with van der Waals surface area (Å²) in [6.07, 6.45) is 0. The zero-order valence-electron chi connectivity index (χ0n) is 6.14. The van der Waals surface area contributed by atoms with Crippen LogP contribution in [0.25, 0.3) is 0 Å². The van der Waals surface area contributed by atoms with Crippen molar-refractivity contribution in [2.45, 2.75) is 6.92 Å². The second-order valence-electron chi connectivity index (χ2n) is 0.492. The molecule has 0 aromatic carbocycles. The molecule has 0 amide bonds. The number of hydrogen-bond donors (Lipinski definition) is 0. The van der Waals surface area contributed by atoms with Gasteiger partial charge in [0, 0.05) is 5.97 Å². The first-order valence-corrected chi connectivity index (χ1v) is 1.91. The Morgan fingerprint density at radius 2 is 1.22 bits per heavy atom. The first kappa shape index (κ1) is 23.1. The topological polar surface area (TPSA) is 40.1 Å². The van der Waals surface area contributed by atoms with Crippen LogP contribution < -0.4 is 34.7 Å². The molecule has 0 radical (unpaired) electrons. The number of hydrogen-bond acceptors (Lipinski definition) is 2. The molecule has 0 saturated carbocycles. The fourth-order valence-corrected chi connectivity index (χ4v) is 0. The van der Waals surface area contributed by atoms with E-state index in [9.17, 15) is 0 Å². The van der Waals surface area contributed by atoms with Gasteiger partial charge in [0.2, 0.25) is 0 Å². The molecule has 0 aliphatic rings.